The lowest BCUT2D eigenvalue weighted by Crippen LogP contribution is -2.30. The number of halogens is 2. The van der Waals surface area contributed by atoms with Crippen molar-refractivity contribution in [3.63, 3.8) is 0 Å². The molecule has 2 rings (SSSR count). The van der Waals surface area contributed by atoms with Crippen molar-refractivity contribution in [1.82, 2.24) is 0 Å². The molecule has 0 aliphatic heterocycles. The summed E-state index contributed by atoms with van der Waals surface area (Å²) < 4.78 is 6.29. The summed E-state index contributed by atoms with van der Waals surface area (Å²) in [5.41, 5.74) is 0. The smallest absolute Gasteiger partial charge is 0.0579 e. The van der Waals surface area contributed by atoms with Gasteiger partial charge >= 0.3 is 0 Å². The van der Waals surface area contributed by atoms with E-state index in [2.05, 4.69) is 31.9 Å². The molecule has 100 valence electrons. The summed E-state index contributed by atoms with van der Waals surface area (Å²) in [5.74, 6) is 1.80. The van der Waals surface area contributed by atoms with Crippen LogP contribution in [0.3, 0.4) is 0 Å². The lowest BCUT2D eigenvalue weighted by Gasteiger charge is -2.34. The molecule has 0 bridgehead atoms. The van der Waals surface area contributed by atoms with Crippen molar-refractivity contribution in [1.29, 1.82) is 0 Å². The second-order valence-electron chi connectivity index (χ2n) is 5.73. The molecule has 0 heterocycles. The third-order valence-electron chi connectivity index (χ3n) is 4.41. The van der Waals surface area contributed by atoms with Crippen molar-refractivity contribution >= 4 is 31.9 Å². The summed E-state index contributed by atoms with van der Waals surface area (Å²) in [6.07, 6.45) is 11.7. The van der Waals surface area contributed by atoms with Gasteiger partial charge in [-0.05, 0) is 63.2 Å². The molecule has 2 aliphatic rings. The van der Waals surface area contributed by atoms with Gasteiger partial charge in [0, 0.05) is 10.7 Å². The van der Waals surface area contributed by atoms with Crippen LogP contribution in [0.15, 0.2) is 0 Å². The van der Waals surface area contributed by atoms with Crippen LogP contribution in [0.1, 0.15) is 51.4 Å². The van der Waals surface area contributed by atoms with Gasteiger partial charge in [-0.2, -0.15) is 0 Å². The van der Waals surface area contributed by atoms with E-state index in [1.165, 1.54) is 62.0 Å². The molecule has 1 nitrogen and oxygen atoms in total. The summed E-state index contributed by atoms with van der Waals surface area (Å²) in [4.78, 5) is 0. The van der Waals surface area contributed by atoms with Gasteiger partial charge in [0.25, 0.3) is 0 Å². The van der Waals surface area contributed by atoms with Crippen molar-refractivity contribution in [2.24, 2.45) is 11.8 Å². The fourth-order valence-electron chi connectivity index (χ4n) is 3.12. The van der Waals surface area contributed by atoms with Crippen LogP contribution in [0.5, 0.6) is 0 Å². The maximum absolute atomic E-state index is 6.29. The van der Waals surface area contributed by atoms with E-state index in [-0.39, 0.29) is 0 Å². The van der Waals surface area contributed by atoms with Crippen LogP contribution in [0, 0.1) is 11.8 Å². The van der Waals surface area contributed by atoms with E-state index in [1.54, 1.807) is 0 Å². The van der Waals surface area contributed by atoms with Gasteiger partial charge in [0.15, 0.2) is 0 Å². The van der Waals surface area contributed by atoms with Crippen molar-refractivity contribution in [3.8, 4) is 0 Å². The van der Waals surface area contributed by atoms with Gasteiger partial charge in [0.2, 0.25) is 0 Å². The van der Waals surface area contributed by atoms with Crippen LogP contribution in [0.25, 0.3) is 0 Å². The Hall–Kier alpha value is 0.920. The van der Waals surface area contributed by atoms with Crippen molar-refractivity contribution < 1.29 is 4.74 Å². The van der Waals surface area contributed by atoms with Gasteiger partial charge < -0.3 is 4.74 Å². The fraction of sp³-hybridized carbons (Fsp3) is 1.00. The molecular weight excluding hydrogens is 344 g/mol. The van der Waals surface area contributed by atoms with E-state index in [1.807, 2.05) is 0 Å². The van der Waals surface area contributed by atoms with Crippen LogP contribution in [-0.2, 0) is 4.74 Å². The van der Waals surface area contributed by atoms with Crippen LogP contribution in [-0.4, -0.2) is 22.9 Å². The van der Waals surface area contributed by atoms with Crippen LogP contribution in [0.4, 0.5) is 0 Å². The molecule has 0 aromatic heterocycles. The molecule has 2 fully saturated rings. The summed E-state index contributed by atoms with van der Waals surface area (Å²) in [7, 11) is 0. The van der Waals surface area contributed by atoms with Gasteiger partial charge in [-0.15, -0.1) is 0 Å². The molecule has 2 saturated carbocycles. The van der Waals surface area contributed by atoms with Crippen LogP contribution in [0.2, 0.25) is 0 Å². The molecular formula is C14H24Br2O. The molecule has 0 aromatic rings. The molecule has 0 spiro atoms. The molecule has 0 aromatic carbocycles. The summed E-state index contributed by atoms with van der Waals surface area (Å²) in [6.45, 7) is 0. The first-order valence-corrected chi connectivity index (χ1v) is 9.33. The van der Waals surface area contributed by atoms with E-state index in [0.29, 0.717) is 12.2 Å². The normalized spacial score (nSPS) is 39.2. The Bertz CT molecular complexity index is 184. The first-order valence-electron chi connectivity index (χ1n) is 7.09. The third-order valence-corrected chi connectivity index (χ3v) is 6.24. The van der Waals surface area contributed by atoms with E-state index in [9.17, 15) is 0 Å². The molecule has 0 radical (unpaired) electrons. The average Bonchev–Trinajstić information content (AvgIpc) is 2.40. The first-order chi connectivity index (χ1) is 8.31. The topological polar surface area (TPSA) is 9.23 Å². The quantitative estimate of drug-likeness (QED) is 0.641. The zero-order valence-corrected chi connectivity index (χ0v) is 13.7. The zero-order valence-electron chi connectivity index (χ0n) is 10.5. The van der Waals surface area contributed by atoms with Gasteiger partial charge in [-0.3, -0.25) is 0 Å². The van der Waals surface area contributed by atoms with Crippen molar-refractivity contribution in [2.75, 3.05) is 10.7 Å². The molecule has 0 unspecified atom stereocenters. The Morgan fingerprint density at radius 2 is 1.00 bits per heavy atom. The van der Waals surface area contributed by atoms with E-state index >= 15 is 0 Å². The Labute approximate surface area is 122 Å². The highest BCUT2D eigenvalue weighted by atomic mass is 79.9. The minimum atomic E-state index is 0.566. The van der Waals surface area contributed by atoms with Crippen molar-refractivity contribution in [2.45, 2.75) is 63.6 Å². The maximum Gasteiger partial charge on any atom is 0.0579 e. The van der Waals surface area contributed by atoms with Crippen LogP contribution >= 0.6 is 31.9 Å². The van der Waals surface area contributed by atoms with E-state index < -0.39 is 0 Å². The SMILES string of the molecule is BrCC1CCC(OC2CCC(CBr)CC2)CC1. The minimum absolute atomic E-state index is 0.566. The van der Waals surface area contributed by atoms with Gasteiger partial charge in [-0.25, -0.2) is 0 Å². The summed E-state index contributed by atoms with van der Waals surface area (Å²) in [6, 6.07) is 0. The molecule has 0 saturated heterocycles. The second kappa shape index (κ2) is 7.49. The van der Waals surface area contributed by atoms with E-state index in [0.717, 1.165) is 11.8 Å². The molecule has 0 atom stereocenters. The number of hydrogen-bond acceptors (Lipinski definition) is 1. The Morgan fingerprint density at radius 1 is 0.647 bits per heavy atom. The standard InChI is InChI=1S/C14H24Br2O/c15-9-11-1-5-13(6-2-11)17-14-7-3-12(10-16)4-8-14/h11-14H,1-10H2. The highest BCUT2D eigenvalue weighted by Gasteiger charge is 2.26. The molecule has 3 heteroatoms. The number of alkyl halides is 2. The minimum Gasteiger partial charge on any atom is -0.375 e. The highest BCUT2D eigenvalue weighted by Crippen LogP contribution is 2.32. The zero-order chi connectivity index (χ0) is 12.1. The Morgan fingerprint density at radius 3 is 1.29 bits per heavy atom. The lowest BCUT2D eigenvalue weighted by molar-refractivity contribution is -0.0540. The number of rotatable bonds is 4. The van der Waals surface area contributed by atoms with Gasteiger partial charge in [-0.1, -0.05) is 31.9 Å². The molecule has 2 aliphatic carbocycles. The van der Waals surface area contributed by atoms with E-state index in [4.69, 9.17) is 4.74 Å². The predicted molar refractivity (Wildman–Crippen MR) is 80.2 cm³/mol. The number of ether oxygens (including phenoxy) is 1. The monoisotopic (exact) mass is 366 g/mol. The highest BCUT2D eigenvalue weighted by molar-refractivity contribution is 9.09. The summed E-state index contributed by atoms with van der Waals surface area (Å²) >= 11 is 7.20. The lowest BCUT2D eigenvalue weighted by atomic mass is 9.87. The van der Waals surface area contributed by atoms with Gasteiger partial charge in [0.1, 0.15) is 0 Å². The molecule has 0 N–H and O–H groups in total. The number of hydrogen-bond donors (Lipinski definition) is 0. The third kappa shape index (κ3) is 4.50. The fourth-order valence-corrected chi connectivity index (χ4v) is 4.41. The van der Waals surface area contributed by atoms with Gasteiger partial charge in [0.05, 0.1) is 12.2 Å². The molecule has 17 heavy (non-hydrogen) atoms. The summed E-state index contributed by atoms with van der Waals surface area (Å²) in [5, 5.41) is 2.35. The second-order valence-corrected chi connectivity index (χ2v) is 7.03. The maximum atomic E-state index is 6.29. The van der Waals surface area contributed by atoms with Crippen LogP contribution < -0.4 is 0 Å². The molecule has 0 amide bonds. The Balaban J connectivity index is 1.65. The largest absolute Gasteiger partial charge is 0.375 e. The first kappa shape index (κ1) is 14.3. The Kier molecular flexibility index (Phi) is 6.32. The average molecular weight is 368 g/mol. The van der Waals surface area contributed by atoms with Crippen molar-refractivity contribution in [3.05, 3.63) is 0 Å². The predicted octanol–water partition coefficient (Wildman–Crippen LogP) is 4.91.